The number of hydrogen-bond acceptors (Lipinski definition) is 3. The fourth-order valence-electron chi connectivity index (χ4n) is 3.00. The smallest absolute Gasteiger partial charge is 0.242 e. The van der Waals surface area contributed by atoms with E-state index in [1.165, 1.54) is 6.07 Å². The highest BCUT2D eigenvalue weighted by molar-refractivity contribution is 9.10. The van der Waals surface area contributed by atoms with Gasteiger partial charge in [0.2, 0.25) is 5.91 Å². The van der Waals surface area contributed by atoms with Crippen LogP contribution in [-0.4, -0.2) is 43.7 Å². The molecule has 21 heavy (non-hydrogen) atoms. The zero-order valence-corrected chi connectivity index (χ0v) is 13.9. The summed E-state index contributed by atoms with van der Waals surface area (Å²) in [6.07, 6.45) is 1.61. The van der Waals surface area contributed by atoms with E-state index in [2.05, 4.69) is 21.2 Å². The van der Waals surface area contributed by atoms with Crippen molar-refractivity contribution in [3.63, 3.8) is 0 Å². The van der Waals surface area contributed by atoms with Crippen molar-refractivity contribution < 1.29 is 13.9 Å². The van der Waals surface area contributed by atoms with Gasteiger partial charge in [-0.05, 0) is 31.5 Å². The normalized spacial score (nSPS) is 22.5. The Balaban J connectivity index is 2.31. The van der Waals surface area contributed by atoms with Crippen LogP contribution in [-0.2, 0) is 16.1 Å². The zero-order valence-electron chi connectivity index (χ0n) is 12.3. The third-order valence-electron chi connectivity index (χ3n) is 4.07. The van der Waals surface area contributed by atoms with Gasteiger partial charge in [-0.2, -0.15) is 0 Å². The molecule has 4 nitrogen and oxygen atoms in total. The Morgan fingerprint density at radius 3 is 2.95 bits per heavy atom. The van der Waals surface area contributed by atoms with Gasteiger partial charge in [-0.3, -0.25) is 9.69 Å². The molecule has 1 aliphatic heterocycles. The first-order valence-electron chi connectivity index (χ1n) is 6.94. The maximum absolute atomic E-state index is 14.0. The highest BCUT2D eigenvalue weighted by Crippen LogP contribution is 2.33. The topological polar surface area (TPSA) is 41.6 Å². The third-order valence-corrected chi connectivity index (χ3v) is 4.81. The first kappa shape index (κ1) is 16.4. The van der Waals surface area contributed by atoms with Crippen molar-refractivity contribution in [3.05, 3.63) is 34.1 Å². The molecule has 1 amide bonds. The molecule has 0 radical (unpaired) electrons. The molecule has 0 saturated carbocycles. The van der Waals surface area contributed by atoms with Gasteiger partial charge in [-0.1, -0.05) is 22.0 Å². The number of nitrogens with one attached hydrogen (secondary N) is 1. The Morgan fingerprint density at radius 1 is 1.57 bits per heavy atom. The summed E-state index contributed by atoms with van der Waals surface area (Å²) in [5, 5.41) is 2.71. The summed E-state index contributed by atoms with van der Waals surface area (Å²) in [5.41, 5.74) is -0.144. The Morgan fingerprint density at radius 2 is 2.33 bits per heavy atom. The lowest BCUT2D eigenvalue weighted by molar-refractivity contribution is -0.135. The van der Waals surface area contributed by atoms with Gasteiger partial charge in [0.15, 0.2) is 0 Å². The molecule has 1 heterocycles. The number of ether oxygens (including phenoxy) is 1. The first-order chi connectivity index (χ1) is 10.0. The molecule has 1 unspecified atom stereocenters. The molecule has 0 bridgehead atoms. The molecular formula is C15H20BrFN2O2. The maximum atomic E-state index is 14.0. The van der Waals surface area contributed by atoms with Gasteiger partial charge in [0.25, 0.3) is 0 Å². The minimum Gasteiger partial charge on any atom is -0.382 e. The number of likely N-dealkylation sites (tertiary alicyclic amines) is 1. The Labute approximate surface area is 132 Å². The first-order valence-corrected chi connectivity index (χ1v) is 7.73. The predicted molar refractivity (Wildman–Crippen MR) is 82.4 cm³/mol. The molecule has 1 aromatic carbocycles. The second-order valence-corrected chi connectivity index (χ2v) is 6.12. The second-order valence-electron chi connectivity index (χ2n) is 5.27. The van der Waals surface area contributed by atoms with Crippen LogP contribution in [0.3, 0.4) is 0 Å². The van der Waals surface area contributed by atoms with Gasteiger partial charge in [0.1, 0.15) is 11.4 Å². The molecule has 0 aliphatic carbocycles. The van der Waals surface area contributed by atoms with E-state index < -0.39 is 5.54 Å². The summed E-state index contributed by atoms with van der Waals surface area (Å²) in [5.74, 6) is -0.339. The van der Waals surface area contributed by atoms with E-state index >= 15 is 0 Å². The molecule has 1 aromatic rings. The quantitative estimate of drug-likeness (QED) is 0.878. The number of rotatable bonds is 5. The average molecular weight is 359 g/mol. The molecule has 1 N–H and O–H groups in total. The van der Waals surface area contributed by atoms with Crippen LogP contribution in [0.25, 0.3) is 0 Å². The number of hydrogen-bond donors (Lipinski definition) is 1. The van der Waals surface area contributed by atoms with E-state index in [0.717, 1.165) is 17.4 Å². The van der Waals surface area contributed by atoms with Crippen molar-refractivity contribution in [2.24, 2.45) is 0 Å². The van der Waals surface area contributed by atoms with Gasteiger partial charge in [0, 0.05) is 30.7 Å². The minimum absolute atomic E-state index is 0.0747. The average Bonchev–Trinajstić information content (AvgIpc) is 2.86. The molecule has 0 aromatic heterocycles. The second kappa shape index (κ2) is 6.85. The lowest BCUT2D eigenvalue weighted by atomic mass is 9.95. The Kier molecular flexibility index (Phi) is 5.35. The van der Waals surface area contributed by atoms with Crippen molar-refractivity contribution >= 4 is 21.8 Å². The van der Waals surface area contributed by atoms with Crippen LogP contribution in [0.5, 0.6) is 0 Å². The Hall–Kier alpha value is -0.980. The largest absolute Gasteiger partial charge is 0.382 e. The molecule has 0 spiro atoms. The maximum Gasteiger partial charge on any atom is 0.242 e. The number of benzene rings is 1. The van der Waals surface area contributed by atoms with Gasteiger partial charge in [0.05, 0.1) is 6.61 Å². The summed E-state index contributed by atoms with van der Waals surface area (Å²) in [6, 6.07) is 4.91. The van der Waals surface area contributed by atoms with E-state index in [9.17, 15) is 9.18 Å². The third kappa shape index (κ3) is 3.12. The van der Waals surface area contributed by atoms with E-state index in [-0.39, 0.29) is 11.7 Å². The van der Waals surface area contributed by atoms with E-state index in [1.807, 2.05) is 11.0 Å². The van der Waals surface area contributed by atoms with Crippen LogP contribution in [0.1, 0.15) is 18.4 Å². The summed E-state index contributed by atoms with van der Waals surface area (Å²) in [4.78, 5) is 14.4. The highest BCUT2D eigenvalue weighted by Gasteiger charge is 2.47. The van der Waals surface area contributed by atoms with Crippen LogP contribution in [0.2, 0.25) is 0 Å². The van der Waals surface area contributed by atoms with Crippen LogP contribution in [0, 0.1) is 5.82 Å². The van der Waals surface area contributed by atoms with Gasteiger partial charge in [-0.25, -0.2) is 4.39 Å². The number of halogens is 2. The number of methoxy groups -OCH3 is 1. The number of amides is 1. The predicted octanol–water partition coefficient (Wildman–Crippen LogP) is 2.32. The van der Waals surface area contributed by atoms with Crippen molar-refractivity contribution in [2.45, 2.75) is 24.9 Å². The highest BCUT2D eigenvalue weighted by atomic mass is 79.9. The molecule has 1 atom stereocenters. The lowest BCUT2D eigenvalue weighted by Gasteiger charge is -2.36. The minimum atomic E-state index is -0.717. The van der Waals surface area contributed by atoms with Gasteiger partial charge < -0.3 is 10.1 Å². The summed E-state index contributed by atoms with van der Waals surface area (Å²) in [6.45, 7) is 1.43. The molecule has 6 heteroatoms. The van der Waals surface area contributed by atoms with Crippen molar-refractivity contribution in [1.82, 2.24) is 10.2 Å². The van der Waals surface area contributed by atoms with Crippen molar-refractivity contribution in [3.8, 4) is 0 Å². The number of carbonyl (C=O) groups excluding carboxylic acids is 1. The number of likely N-dealkylation sites (N-methyl/N-ethyl adjacent to an activating group) is 1. The SMILES string of the molecule is CNC(=O)C1(COC)CCCN1Cc1c(F)cccc1Br. The Bertz CT molecular complexity index is 506. The van der Waals surface area contributed by atoms with Crippen molar-refractivity contribution in [1.29, 1.82) is 0 Å². The van der Waals surface area contributed by atoms with Crippen LogP contribution < -0.4 is 5.32 Å². The zero-order chi connectivity index (χ0) is 15.5. The van der Waals surface area contributed by atoms with Crippen molar-refractivity contribution in [2.75, 3.05) is 27.3 Å². The van der Waals surface area contributed by atoms with Crippen LogP contribution in [0.15, 0.2) is 22.7 Å². The van der Waals surface area contributed by atoms with E-state index in [0.29, 0.717) is 25.1 Å². The fraction of sp³-hybridized carbons (Fsp3) is 0.533. The molecule has 1 fully saturated rings. The van der Waals surface area contributed by atoms with Crippen LogP contribution >= 0.6 is 15.9 Å². The molecular weight excluding hydrogens is 339 g/mol. The molecule has 116 valence electrons. The number of nitrogens with zero attached hydrogens (tertiary/aromatic N) is 1. The molecule has 1 aliphatic rings. The van der Waals surface area contributed by atoms with E-state index in [4.69, 9.17) is 4.74 Å². The fourth-order valence-corrected chi connectivity index (χ4v) is 3.46. The molecule has 1 saturated heterocycles. The van der Waals surface area contributed by atoms with Gasteiger partial charge >= 0.3 is 0 Å². The monoisotopic (exact) mass is 358 g/mol. The summed E-state index contributed by atoms with van der Waals surface area (Å²) >= 11 is 3.39. The lowest BCUT2D eigenvalue weighted by Crippen LogP contribution is -2.57. The summed E-state index contributed by atoms with van der Waals surface area (Å²) < 4.78 is 20.0. The number of carbonyl (C=O) groups is 1. The summed E-state index contributed by atoms with van der Waals surface area (Å²) in [7, 11) is 3.20. The van der Waals surface area contributed by atoms with Gasteiger partial charge in [-0.15, -0.1) is 0 Å². The standard InChI is InChI=1S/C15H20BrFN2O2/c1-18-14(20)15(10-21-2)7-4-8-19(15)9-11-12(16)5-3-6-13(11)17/h3,5-6H,4,7-10H2,1-2H3,(H,18,20). The van der Waals surface area contributed by atoms with E-state index in [1.54, 1.807) is 20.2 Å². The molecule has 2 rings (SSSR count). The van der Waals surface area contributed by atoms with Crippen LogP contribution in [0.4, 0.5) is 4.39 Å².